The van der Waals surface area contributed by atoms with E-state index < -0.39 is 0 Å². The first-order valence-electron chi connectivity index (χ1n) is 10.6. The molecule has 0 aliphatic carbocycles. The van der Waals surface area contributed by atoms with Crippen LogP contribution in [-0.2, 0) is 6.42 Å². The molecule has 3 N–H and O–H groups in total. The van der Waals surface area contributed by atoms with E-state index >= 15 is 0 Å². The molecule has 0 aromatic heterocycles. The zero-order chi connectivity index (χ0) is 22.0. The van der Waals surface area contributed by atoms with E-state index in [4.69, 9.17) is 5.84 Å². The number of nitrogens with one attached hydrogen (secondary N) is 1. The smallest absolute Gasteiger partial charge is 0.126 e. The van der Waals surface area contributed by atoms with Crippen molar-refractivity contribution in [3.05, 3.63) is 59.2 Å². The molecule has 5 nitrogen and oxygen atoms in total. The fraction of sp³-hybridized carbons (Fsp3) is 0.458. The zero-order valence-corrected chi connectivity index (χ0v) is 18.4. The van der Waals surface area contributed by atoms with Gasteiger partial charge in [0.15, 0.2) is 0 Å². The summed E-state index contributed by atoms with van der Waals surface area (Å²) in [7, 11) is 0. The van der Waals surface area contributed by atoms with Crippen LogP contribution in [0.3, 0.4) is 0 Å². The minimum absolute atomic E-state index is 0.127. The maximum atomic E-state index is 13.8. The molecule has 0 heterocycles. The fourth-order valence-corrected chi connectivity index (χ4v) is 3.10. The molecule has 1 aromatic rings. The Bertz CT molecular complexity index is 737. The number of allylic oxidation sites excluding steroid dienone is 2. The third-order valence-electron chi connectivity index (χ3n) is 4.83. The first-order chi connectivity index (χ1) is 14.6. The molecular formula is C24H36FN5. The highest BCUT2D eigenvalue weighted by Crippen LogP contribution is 2.26. The van der Waals surface area contributed by atoms with E-state index in [0.717, 1.165) is 56.3 Å². The first kappa shape index (κ1) is 25.3. The molecule has 0 aliphatic rings. The highest BCUT2D eigenvalue weighted by Gasteiger charge is 2.11. The SMILES string of the molecule is C=NCCCCCN/C=C(/C/C=N/C=C\C=N/N)CC(C)c1ccc(F)c(CC)c1. The van der Waals surface area contributed by atoms with Crippen molar-refractivity contribution in [1.29, 1.82) is 0 Å². The first-order valence-corrected chi connectivity index (χ1v) is 10.6. The van der Waals surface area contributed by atoms with E-state index in [-0.39, 0.29) is 11.7 Å². The molecule has 0 bridgehead atoms. The third-order valence-corrected chi connectivity index (χ3v) is 4.83. The second-order valence-corrected chi connectivity index (χ2v) is 7.25. The summed E-state index contributed by atoms with van der Waals surface area (Å²) < 4.78 is 13.8. The molecule has 0 spiro atoms. The number of nitrogens with zero attached hydrogens (tertiary/aromatic N) is 3. The molecule has 0 amide bonds. The topological polar surface area (TPSA) is 75.1 Å². The summed E-state index contributed by atoms with van der Waals surface area (Å²) in [6.45, 7) is 9.42. The van der Waals surface area contributed by atoms with Crippen molar-refractivity contribution in [2.24, 2.45) is 20.9 Å². The third kappa shape index (κ3) is 10.7. The van der Waals surface area contributed by atoms with Gasteiger partial charge in [-0.15, -0.1) is 0 Å². The molecule has 1 aromatic carbocycles. The van der Waals surface area contributed by atoms with Gasteiger partial charge in [0, 0.05) is 38.1 Å². The summed E-state index contributed by atoms with van der Waals surface area (Å²) in [4.78, 5) is 8.14. The standard InChI is InChI=1S/C24H36FN5/c1-4-22-18-23(9-10-24(22)25)20(2)17-21(11-16-28-14-8-15-30-26)19-29-13-7-5-6-12-27-3/h8-10,14-16,18-20,29H,3-7,11-13,17,26H2,1-2H3/b14-8-,21-19-,28-16+,30-15-. The number of rotatable bonds is 15. The van der Waals surface area contributed by atoms with E-state index in [9.17, 15) is 4.39 Å². The van der Waals surface area contributed by atoms with Gasteiger partial charge in [0.1, 0.15) is 5.82 Å². The number of hydrazone groups is 1. The van der Waals surface area contributed by atoms with E-state index in [0.29, 0.717) is 6.42 Å². The van der Waals surface area contributed by atoms with Gasteiger partial charge < -0.3 is 16.2 Å². The summed E-state index contributed by atoms with van der Waals surface area (Å²) >= 11 is 0. The fourth-order valence-electron chi connectivity index (χ4n) is 3.10. The average Bonchev–Trinajstić information content (AvgIpc) is 2.75. The molecule has 1 unspecified atom stereocenters. The zero-order valence-electron chi connectivity index (χ0n) is 18.4. The van der Waals surface area contributed by atoms with Gasteiger partial charge in [-0.2, -0.15) is 5.10 Å². The summed E-state index contributed by atoms with van der Waals surface area (Å²) in [6, 6.07) is 5.46. The normalized spacial score (nSPS) is 13.5. The Morgan fingerprint density at radius 2 is 2.13 bits per heavy atom. The summed E-state index contributed by atoms with van der Waals surface area (Å²) in [5.41, 5.74) is 3.18. The molecule has 1 atom stereocenters. The number of benzene rings is 1. The van der Waals surface area contributed by atoms with Crippen LogP contribution in [0, 0.1) is 5.82 Å². The van der Waals surface area contributed by atoms with Crippen molar-refractivity contribution >= 4 is 19.1 Å². The van der Waals surface area contributed by atoms with Crippen LogP contribution in [0.15, 0.2) is 57.3 Å². The second-order valence-electron chi connectivity index (χ2n) is 7.25. The van der Waals surface area contributed by atoms with Gasteiger partial charge in [-0.3, -0.25) is 4.99 Å². The number of hydrogen-bond donors (Lipinski definition) is 2. The molecule has 164 valence electrons. The van der Waals surface area contributed by atoms with Gasteiger partial charge in [-0.1, -0.05) is 26.0 Å². The molecular weight excluding hydrogens is 377 g/mol. The highest BCUT2D eigenvalue weighted by molar-refractivity contribution is 5.71. The lowest BCUT2D eigenvalue weighted by molar-refractivity contribution is 0.609. The molecule has 0 fully saturated rings. The van der Waals surface area contributed by atoms with Crippen molar-refractivity contribution in [2.75, 3.05) is 13.1 Å². The molecule has 6 heteroatoms. The molecule has 0 radical (unpaired) electrons. The van der Waals surface area contributed by atoms with Crippen LogP contribution < -0.4 is 11.2 Å². The van der Waals surface area contributed by atoms with Crippen LogP contribution in [0.5, 0.6) is 0 Å². The van der Waals surface area contributed by atoms with Crippen LogP contribution in [0.2, 0.25) is 0 Å². The Morgan fingerprint density at radius 1 is 1.30 bits per heavy atom. The van der Waals surface area contributed by atoms with Crippen molar-refractivity contribution in [1.82, 2.24) is 5.32 Å². The predicted molar refractivity (Wildman–Crippen MR) is 128 cm³/mol. The highest BCUT2D eigenvalue weighted by atomic mass is 19.1. The number of unbranched alkanes of at least 4 members (excludes halogenated alkanes) is 2. The summed E-state index contributed by atoms with van der Waals surface area (Å²) in [5, 5.41) is 6.82. The Kier molecular flexibility index (Phi) is 13.6. The summed E-state index contributed by atoms with van der Waals surface area (Å²) in [5.74, 6) is 5.22. The van der Waals surface area contributed by atoms with Gasteiger partial charge in [0.25, 0.3) is 0 Å². The van der Waals surface area contributed by atoms with E-state index in [1.807, 2.05) is 25.3 Å². The van der Waals surface area contributed by atoms with Crippen LogP contribution in [0.25, 0.3) is 0 Å². The Hall–Kier alpha value is -2.76. The largest absolute Gasteiger partial charge is 0.391 e. The van der Waals surface area contributed by atoms with Crippen LogP contribution in [0.4, 0.5) is 4.39 Å². The van der Waals surface area contributed by atoms with Gasteiger partial charge in [-0.25, -0.2) is 4.39 Å². The number of aryl methyl sites for hydroxylation is 1. The van der Waals surface area contributed by atoms with E-state index in [1.54, 1.807) is 18.3 Å². The van der Waals surface area contributed by atoms with Crippen molar-refractivity contribution in [3.8, 4) is 0 Å². The van der Waals surface area contributed by atoms with Crippen LogP contribution in [0.1, 0.15) is 63.0 Å². The number of halogens is 1. The Labute approximate surface area is 180 Å². The van der Waals surface area contributed by atoms with Crippen molar-refractivity contribution in [3.63, 3.8) is 0 Å². The lowest BCUT2D eigenvalue weighted by Gasteiger charge is -2.16. The Morgan fingerprint density at radius 3 is 2.87 bits per heavy atom. The minimum Gasteiger partial charge on any atom is -0.391 e. The number of aliphatic imine (C=N–C) groups is 2. The van der Waals surface area contributed by atoms with Gasteiger partial charge in [0.05, 0.1) is 0 Å². The van der Waals surface area contributed by atoms with Gasteiger partial charge in [-0.05, 0) is 79.8 Å². The van der Waals surface area contributed by atoms with Crippen molar-refractivity contribution < 1.29 is 4.39 Å². The van der Waals surface area contributed by atoms with Crippen LogP contribution >= 0.6 is 0 Å². The molecule has 0 saturated heterocycles. The maximum Gasteiger partial charge on any atom is 0.126 e. The van der Waals surface area contributed by atoms with Gasteiger partial charge in [0.2, 0.25) is 0 Å². The molecule has 0 saturated carbocycles. The molecule has 0 aliphatic heterocycles. The monoisotopic (exact) mass is 413 g/mol. The Balaban J connectivity index is 2.72. The number of hydrogen-bond acceptors (Lipinski definition) is 5. The lowest BCUT2D eigenvalue weighted by Crippen LogP contribution is -2.10. The second kappa shape index (κ2) is 16.1. The molecule has 1 rings (SSSR count). The average molecular weight is 414 g/mol. The molecule has 30 heavy (non-hydrogen) atoms. The van der Waals surface area contributed by atoms with Gasteiger partial charge >= 0.3 is 0 Å². The van der Waals surface area contributed by atoms with Crippen LogP contribution in [-0.4, -0.2) is 32.2 Å². The van der Waals surface area contributed by atoms with E-state index in [1.165, 1.54) is 11.8 Å². The predicted octanol–water partition coefficient (Wildman–Crippen LogP) is 5.15. The van der Waals surface area contributed by atoms with Crippen molar-refractivity contribution in [2.45, 2.75) is 58.3 Å². The minimum atomic E-state index is -0.127. The quantitative estimate of drug-likeness (QED) is 0.181. The maximum absolute atomic E-state index is 13.8. The lowest BCUT2D eigenvalue weighted by atomic mass is 9.91. The summed E-state index contributed by atoms with van der Waals surface area (Å²) in [6.07, 6.45) is 14.4. The number of nitrogens with two attached hydrogens (primary N) is 1. The van der Waals surface area contributed by atoms with E-state index in [2.05, 4.69) is 40.2 Å².